The number of ether oxygens (including phenoxy) is 2. The average Bonchev–Trinajstić information content (AvgIpc) is 2.66. The summed E-state index contributed by atoms with van der Waals surface area (Å²) in [5.41, 5.74) is 0. The molecular weight excluding hydrogens is 202 g/mol. The minimum absolute atomic E-state index is 0.0788. The lowest BCUT2D eigenvalue weighted by atomic mass is 10.2. The summed E-state index contributed by atoms with van der Waals surface area (Å²) in [7, 11) is 0. The number of hydrogen-bond acceptors (Lipinski definition) is 5. The van der Waals surface area contributed by atoms with Crippen LogP contribution in [0.3, 0.4) is 0 Å². The van der Waals surface area contributed by atoms with Crippen LogP contribution in [-0.2, 0) is 19.1 Å². The second-order valence-electron chi connectivity index (χ2n) is 3.30. The summed E-state index contributed by atoms with van der Waals surface area (Å²) in [4.78, 5) is 21.0. The first-order valence-corrected chi connectivity index (χ1v) is 4.84. The Balaban J connectivity index is 2.00. The molecule has 0 spiro atoms. The van der Waals surface area contributed by atoms with Crippen molar-refractivity contribution in [1.29, 1.82) is 0 Å². The summed E-state index contributed by atoms with van der Waals surface area (Å²) in [6.45, 7) is 0.364. The van der Waals surface area contributed by atoms with Gasteiger partial charge in [0.25, 0.3) is 0 Å². The van der Waals surface area contributed by atoms with E-state index in [-0.39, 0.29) is 18.6 Å². The molecule has 1 fully saturated rings. The van der Waals surface area contributed by atoms with Crippen LogP contribution < -0.4 is 10.4 Å². The van der Waals surface area contributed by atoms with Crippen molar-refractivity contribution in [3.05, 3.63) is 0 Å². The number of hydrogen-bond donors (Lipinski definition) is 1. The van der Waals surface area contributed by atoms with Gasteiger partial charge in [0.15, 0.2) is 0 Å². The number of carbonyl (C=O) groups excluding carboxylic acids is 2. The molecule has 1 heterocycles. The van der Waals surface area contributed by atoms with Crippen molar-refractivity contribution >= 4 is 11.9 Å². The summed E-state index contributed by atoms with van der Waals surface area (Å²) in [5.74, 6) is -1.67. The second-order valence-corrected chi connectivity index (χ2v) is 3.30. The monoisotopic (exact) mass is 216 g/mol. The van der Waals surface area contributed by atoms with E-state index in [4.69, 9.17) is 4.74 Å². The molecule has 1 aliphatic rings. The van der Waals surface area contributed by atoms with E-state index in [9.17, 15) is 14.7 Å². The van der Waals surface area contributed by atoms with Gasteiger partial charge >= 0.3 is 0 Å². The molecule has 15 heavy (non-hydrogen) atoms. The Bertz CT molecular complexity index is 225. The molecule has 6 nitrogen and oxygen atoms in total. The zero-order chi connectivity index (χ0) is 11.1. The summed E-state index contributed by atoms with van der Waals surface area (Å²) in [5, 5.41) is 12.6. The van der Waals surface area contributed by atoms with E-state index >= 15 is 0 Å². The Kier molecular flexibility index (Phi) is 5.06. The largest absolute Gasteiger partial charge is 0.548 e. The molecule has 1 saturated heterocycles. The Hall–Kier alpha value is -1.14. The van der Waals surface area contributed by atoms with E-state index in [0.717, 1.165) is 19.4 Å². The van der Waals surface area contributed by atoms with Crippen molar-refractivity contribution in [2.45, 2.75) is 18.9 Å². The molecule has 1 N–H and O–H groups in total. The fourth-order valence-corrected chi connectivity index (χ4v) is 1.31. The van der Waals surface area contributed by atoms with Crippen molar-refractivity contribution in [1.82, 2.24) is 5.32 Å². The number of aliphatic carboxylic acids is 1. The van der Waals surface area contributed by atoms with E-state index in [2.05, 4.69) is 10.1 Å². The smallest absolute Gasteiger partial charge is 0.246 e. The zero-order valence-electron chi connectivity index (χ0n) is 8.36. The van der Waals surface area contributed by atoms with E-state index < -0.39 is 12.6 Å². The lowest BCUT2D eigenvalue weighted by Gasteiger charge is -2.10. The molecule has 86 valence electrons. The van der Waals surface area contributed by atoms with Crippen LogP contribution in [0.1, 0.15) is 12.8 Å². The van der Waals surface area contributed by atoms with Crippen LogP contribution in [0.15, 0.2) is 0 Å². The van der Waals surface area contributed by atoms with Crippen LogP contribution in [0, 0.1) is 0 Å². The summed E-state index contributed by atoms with van der Waals surface area (Å²) >= 11 is 0. The topological polar surface area (TPSA) is 87.7 Å². The molecule has 1 aliphatic heterocycles. The van der Waals surface area contributed by atoms with Gasteiger partial charge in [-0.25, -0.2) is 0 Å². The highest BCUT2D eigenvalue weighted by atomic mass is 16.5. The molecule has 0 bridgehead atoms. The molecule has 1 atom stereocenters. The maximum Gasteiger partial charge on any atom is 0.246 e. The van der Waals surface area contributed by atoms with Crippen molar-refractivity contribution in [3.63, 3.8) is 0 Å². The average molecular weight is 216 g/mol. The van der Waals surface area contributed by atoms with E-state index in [1.165, 1.54) is 0 Å². The first-order valence-electron chi connectivity index (χ1n) is 4.84. The standard InChI is InChI=1S/C9H15NO5/c11-8(5-14-6-9(12)13)10-4-7-2-1-3-15-7/h7H,1-6H2,(H,10,11)(H,12,13)/p-1/t7-/m1/s1. The predicted octanol–water partition coefficient (Wildman–Crippen LogP) is -1.95. The van der Waals surface area contributed by atoms with Gasteiger partial charge in [0, 0.05) is 13.2 Å². The Morgan fingerprint density at radius 3 is 2.87 bits per heavy atom. The molecule has 0 aromatic rings. The maximum absolute atomic E-state index is 11.1. The van der Waals surface area contributed by atoms with Gasteiger partial charge in [-0.1, -0.05) is 0 Å². The number of rotatable bonds is 6. The lowest BCUT2D eigenvalue weighted by molar-refractivity contribution is -0.309. The van der Waals surface area contributed by atoms with Gasteiger partial charge in [-0.05, 0) is 12.8 Å². The number of carboxylic acid groups (broad SMARTS) is 1. The van der Waals surface area contributed by atoms with Crippen LogP contribution in [0.2, 0.25) is 0 Å². The highest BCUT2D eigenvalue weighted by molar-refractivity contribution is 5.77. The van der Waals surface area contributed by atoms with Crippen LogP contribution in [0.25, 0.3) is 0 Å². The minimum atomic E-state index is -1.33. The zero-order valence-corrected chi connectivity index (χ0v) is 8.36. The Labute approximate surface area is 87.5 Å². The van der Waals surface area contributed by atoms with E-state index in [1.807, 2.05) is 0 Å². The van der Waals surface area contributed by atoms with Gasteiger partial charge < -0.3 is 24.7 Å². The number of carboxylic acids is 1. The normalized spacial score (nSPS) is 20.1. The molecule has 0 unspecified atom stereocenters. The van der Waals surface area contributed by atoms with Gasteiger partial charge in [-0.3, -0.25) is 4.79 Å². The first kappa shape index (κ1) is 11.9. The van der Waals surface area contributed by atoms with Crippen molar-refractivity contribution in [2.75, 3.05) is 26.4 Å². The van der Waals surface area contributed by atoms with Gasteiger partial charge in [0.2, 0.25) is 5.91 Å². The molecule has 0 radical (unpaired) electrons. The molecule has 1 rings (SSSR count). The molecule has 0 aliphatic carbocycles. The number of nitrogens with one attached hydrogen (secondary N) is 1. The third-order valence-corrected chi connectivity index (χ3v) is 2.00. The molecule has 6 heteroatoms. The third-order valence-electron chi connectivity index (χ3n) is 2.00. The van der Waals surface area contributed by atoms with Crippen LogP contribution in [0.5, 0.6) is 0 Å². The quantitative estimate of drug-likeness (QED) is 0.557. The number of amides is 1. The minimum Gasteiger partial charge on any atom is -0.548 e. The van der Waals surface area contributed by atoms with Crippen molar-refractivity contribution < 1.29 is 24.2 Å². The molecular formula is C9H14NO5-. The first-order chi connectivity index (χ1) is 7.18. The van der Waals surface area contributed by atoms with Gasteiger partial charge in [-0.2, -0.15) is 0 Å². The van der Waals surface area contributed by atoms with Crippen LogP contribution in [-0.4, -0.2) is 44.3 Å². The van der Waals surface area contributed by atoms with Crippen LogP contribution >= 0.6 is 0 Å². The highest BCUT2D eigenvalue weighted by Crippen LogP contribution is 2.10. The molecule has 1 amide bonds. The second kappa shape index (κ2) is 6.36. The van der Waals surface area contributed by atoms with Crippen molar-refractivity contribution in [3.8, 4) is 0 Å². The number of carbonyl (C=O) groups is 2. The summed E-state index contributed by atoms with van der Waals surface area (Å²) < 4.78 is 9.84. The van der Waals surface area contributed by atoms with Crippen LogP contribution in [0.4, 0.5) is 0 Å². The van der Waals surface area contributed by atoms with Crippen molar-refractivity contribution in [2.24, 2.45) is 0 Å². The maximum atomic E-state index is 11.1. The van der Waals surface area contributed by atoms with E-state index in [1.54, 1.807) is 0 Å². The van der Waals surface area contributed by atoms with Gasteiger partial charge in [0.05, 0.1) is 18.7 Å². The molecule has 0 aromatic carbocycles. The van der Waals surface area contributed by atoms with E-state index in [0.29, 0.717) is 6.54 Å². The molecule has 0 aromatic heterocycles. The van der Waals surface area contributed by atoms with Gasteiger partial charge in [-0.15, -0.1) is 0 Å². The van der Waals surface area contributed by atoms with Gasteiger partial charge in [0.1, 0.15) is 6.61 Å². The predicted molar refractivity (Wildman–Crippen MR) is 47.8 cm³/mol. The third kappa shape index (κ3) is 5.34. The fraction of sp³-hybridized carbons (Fsp3) is 0.778. The molecule has 0 saturated carbocycles. The lowest BCUT2D eigenvalue weighted by Crippen LogP contribution is -2.36. The summed E-state index contributed by atoms with van der Waals surface area (Å²) in [6, 6.07) is 0. The summed E-state index contributed by atoms with van der Waals surface area (Å²) in [6.07, 6.45) is 2.04. The highest BCUT2D eigenvalue weighted by Gasteiger charge is 2.15. The fourth-order valence-electron chi connectivity index (χ4n) is 1.31. The Morgan fingerprint density at radius 2 is 2.27 bits per heavy atom. The SMILES string of the molecule is O=C([O-])COCC(=O)NC[C@H]1CCCO1. The Morgan fingerprint density at radius 1 is 1.47 bits per heavy atom.